The Bertz CT molecular complexity index is 696. The SMILES string of the molecule is O=C(/C=C\NC(Cc1ccccc1)C(=O)O)c1ccc(Cl)cc1. The van der Waals surface area contributed by atoms with Gasteiger partial charge in [0, 0.05) is 29.3 Å². The minimum absolute atomic E-state index is 0.224. The third-order valence-electron chi connectivity index (χ3n) is 3.24. The largest absolute Gasteiger partial charge is 0.480 e. The van der Waals surface area contributed by atoms with Crippen LogP contribution < -0.4 is 5.32 Å². The van der Waals surface area contributed by atoms with Crippen molar-refractivity contribution in [3.63, 3.8) is 0 Å². The standard InChI is InChI=1S/C18H16ClNO3/c19-15-8-6-14(7-9-15)17(21)10-11-20-16(18(22)23)12-13-4-2-1-3-5-13/h1-11,16,20H,12H2,(H,22,23)/b11-10-. The van der Waals surface area contributed by atoms with Crippen LogP contribution in [0.1, 0.15) is 15.9 Å². The van der Waals surface area contributed by atoms with Gasteiger partial charge in [0.2, 0.25) is 0 Å². The Morgan fingerprint density at radius 3 is 2.35 bits per heavy atom. The van der Waals surface area contributed by atoms with Crippen molar-refractivity contribution in [2.75, 3.05) is 0 Å². The average Bonchev–Trinajstić information content (AvgIpc) is 2.55. The lowest BCUT2D eigenvalue weighted by Crippen LogP contribution is -2.35. The Labute approximate surface area is 139 Å². The maximum atomic E-state index is 11.9. The molecule has 2 aromatic carbocycles. The van der Waals surface area contributed by atoms with Crippen molar-refractivity contribution in [3.05, 3.63) is 83.0 Å². The maximum Gasteiger partial charge on any atom is 0.326 e. The van der Waals surface area contributed by atoms with E-state index in [1.807, 2.05) is 30.3 Å². The predicted octanol–water partition coefficient (Wildman–Crippen LogP) is 3.32. The third-order valence-corrected chi connectivity index (χ3v) is 3.49. The first-order valence-corrected chi connectivity index (χ1v) is 7.43. The lowest BCUT2D eigenvalue weighted by molar-refractivity contribution is -0.139. The van der Waals surface area contributed by atoms with Gasteiger partial charge in [-0.25, -0.2) is 4.79 Å². The summed E-state index contributed by atoms with van der Waals surface area (Å²) in [5.41, 5.74) is 1.40. The minimum Gasteiger partial charge on any atom is -0.480 e. The van der Waals surface area contributed by atoms with Crippen molar-refractivity contribution in [3.8, 4) is 0 Å². The molecule has 2 rings (SSSR count). The molecule has 1 unspecified atom stereocenters. The first-order valence-electron chi connectivity index (χ1n) is 7.05. The minimum atomic E-state index is -0.975. The smallest absolute Gasteiger partial charge is 0.326 e. The Morgan fingerprint density at radius 1 is 1.09 bits per heavy atom. The number of hydrogen-bond acceptors (Lipinski definition) is 3. The number of rotatable bonds is 7. The summed E-state index contributed by atoms with van der Waals surface area (Å²) in [5, 5.41) is 12.6. The molecule has 0 aromatic heterocycles. The third kappa shape index (κ3) is 5.27. The summed E-state index contributed by atoms with van der Waals surface area (Å²) in [6.07, 6.45) is 3.01. The Balaban J connectivity index is 1.96. The average molecular weight is 330 g/mol. The zero-order valence-corrected chi connectivity index (χ0v) is 13.0. The first-order chi connectivity index (χ1) is 11.1. The van der Waals surface area contributed by atoms with Crippen LogP contribution in [-0.2, 0) is 11.2 Å². The molecule has 23 heavy (non-hydrogen) atoms. The molecule has 4 nitrogen and oxygen atoms in total. The van der Waals surface area contributed by atoms with Crippen LogP contribution in [0.25, 0.3) is 0 Å². The van der Waals surface area contributed by atoms with E-state index in [4.69, 9.17) is 11.6 Å². The van der Waals surface area contributed by atoms with Gasteiger partial charge >= 0.3 is 5.97 Å². The van der Waals surface area contributed by atoms with E-state index in [9.17, 15) is 14.7 Å². The molecule has 0 fully saturated rings. The fourth-order valence-corrected chi connectivity index (χ4v) is 2.14. The van der Waals surface area contributed by atoms with Gasteiger partial charge in [0.1, 0.15) is 6.04 Å². The normalized spacial score (nSPS) is 12.0. The van der Waals surface area contributed by atoms with E-state index in [0.717, 1.165) is 5.56 Å². The van der Waals surface area contributed by atoms with Crippen molar-refractivity contribution >= 4 is 23.4 Å². The van der Waals surface area contributed by atoms with Gasteiger partial charge in [-0.15, -0.1) is 0 Å². The molecule has 5 heteroatoms. The molecule has 0 aliphatic rings. The molecule has 0 heterocycles. The fraction of sp³-hybridized carbons (Fsp3) is 0.111. The summed E-state index contributed by atoms with van der Waals surface area (Å²) in [4.78, 5) is 23.2. The van der Waals surface area contributed by atoms with Crippen molar-refractivity contribution in [1.29, 1.82) is 0 Å². The highest BCUT2D eigenvalue weighted by Gasteiger charge is 2.15. The number of nitrogens with one attached hydrogen (secondary N) is 1. The molecule has 2 N–H and O–H groups in total. The Kier molecular flexibility index (Phi) is 5.94. The highest BCUT2D eigenvalue weighted by atomic mass is 35.5. The first kappa shape index (κ1) is 16.8. The molecule has 0 radical (unpaired) electrons. The zero-order valence-electron chi connectivity index (χ0n) is 12.3. The van der Waals surface area contributed by atoms with Crippen molar-refractivity contribution in [1.82, 2.24) is 5.32 Å². The molecule has 0 saturated carbocycles. The molecule has 118 valence electrons. The van der Waals surface area contributed by atoms with Crippen LogP contribution >= 0.6 is 11.6 Å². The number of carbonyl (C=O) groups is 2. The van der Waals surface area contributed by atoms with Gasteiger partial charge in [0.05, 0.1) is 0 Å². The highest BCUT2D eigenvalue weighted by Crippen LogP contribution is 2.10. The molecule has 0 saturated heterocycles. The number of carboxylic acid groups (broad SMARTS) is 1. The maximum absolute atomic E-state index is 11.9. The van der Waals surface area contributed by atoms with Gasteiger partial charge in [0.25, 0.3) is 0 Å². The lowest BCUT2D eigenvalue weighted by Gasteiger charge is -2.12. The number of aliphatic carboxylic acids is 1. The molecule has 0 aliphatic carbocycles. The number of hydrogen-bond donors (Lipinski definition) is 2. The second kappa shape index (κ2) is 8.15. The van der Waals surface area contributed by atoms with E-state index in [0.29, 0.717) is 17.0 Å². The van der Waals surface area contributed by atoms with Crippen molar-refractivity contribution < 1.29 is 14.7 Å². The molecule has 2 aromatic rings. The zero-order chi connectivity index (χ0) is 16.7. The van der Waals surface area contributed by atoms with Gasteiger partial charge in [0.15, 0.2) is 5.78 Å². The van der Waals surface area contributed by atoms with E-state index in [2.05, 4.69) is 5.32 Å². The molecule has 0 bridgehead atoms. The van der Waals surface area contributed by atoms with Crippen LogP contribution in [0, 0.1) is 0 Å². The van der Waals surface area contributed by atoms with Gasteiger partial charge in [-0.05, 0) is 29.8 Å². The van der Waals surface area contributed by atoms with Crippen LogP contribution in [0.4, 0.5) is 0 Å². The van der Waals surface area contributed by atoms with Crippen LogP contribution in [0.5, 0.6) is 0 Å². The van der Waals surface area contributed by atoms with Crippen LogP contribution in [-0.4, -0.2) is 22.9 Å². The lowest BCUT2D eigenvalue weighted by atomic mass is 10.1. The Hall–Kier alpha value is -2.59. The molecule has 0 aliphatic heterocycles. The molecular formula is C18H16ClNO3. The van der Waals surface area contributed by atoms with E-state index < -0.39 is 12.0 Å². The summed E-state index contributed by atoms with van der Waals surface area (Å²) in [5.74, 6) is -1.20. The van der Waals surface area contributed by atoms with Crippen LogP contribution in [0.2, 0.25) is 5.02 Å². The van der Waals surface area contributed by atoms with E-state index in [1.54, 1.807) is 24.3 Å². The summed E-state index contributed by atoms with van der Waals surface area (Å²) in [6, 6.07) is 15.0. The molecular weight excluding hydrogens is 314 g/mol. The van der Waals surface area contributed by atoms with Crippen LogP contribution in [0.3, 0.4) is 0 Å². The fourth-order valence-electron chi connectivity index (χ4n) is 2.02. The molecule has 0 amide bonds. The molecule has 0 spiro atoms. The number of ketones is 1. The second-order valence-electron chi connectivity index (χ2n) is 4.95. The van der Waals surface area contributed by atoms with Gasteiger partial charge in [-0.2, -0.15) is 0 Å². The Morgan fingerprint density at radius 2 is 1.74 bits per heavy atom. The van der Waals surface area contributed by atoms with Gasteiger partial charge in [-0.1, -0.05) is 41.9 Å². The number of allylic oxidation sites excluding steroid dienone is 1. The number of halogens is 1. The van der Waals surface area contributed by atoms with Gasteiger partial charge in [-0.3, -0.25) is 4.79 Å². The van der Waals surface area contributed by atoms with Crippen molar-refractivity contribution in [2.45, 2.75) is 12.5 Å². The predicted molar refractivity (Wildman–Crippen MR) is 89.6 cm³/mol. The van der Waals surface area contributed by atoms with Crippen molar-refractivity contribution in [2.24, 2.45) is 0 Å². The summed E-state index contributed by atoms with van der Waals surface area (Å²) < 4.78 is 0. The van der Waals surface area contributed by atoms with Crippen LogP contribution in [0.15, 0.2) is 66.9 Å². The summed E-state index contributed by atoms with van der Waals surface area (Å²) >= 11 is 5.77. The number of carbonyl (C=O) groups excluding carboxylic acids is 1. The summed E-state index contributed by atoms with van der Waals surface area (Å²) in [6.45, 7) is 0. The number of benzene rings is 2. The van der Waals surface area contributed by atoms with E-state index in [-0.39, 0.29) is 5.78 Å². The topological polar surface area (TPSA) is 66.4 Å². The monoisotopic (exact) mass is 329 g/mol. The second-order valence-corrected chi connectivity index (χ2v) is 5.39. The molecule has 1 atom stereocenters. The van der Waals surface area contributed by atoms with E-state index >= 15 is 0 Å². The van der Waals surface area contributed by atoms with E-state index in [1.165, 1.54) is 12.3 Å². The quantitative estimate of drug-likeness (QED) is 0.604. The van der Waals surface area contributed by atoms with Gasteiger partial charge < -0.3 is 10.4 Å². The summed E-state index contributed by atoms with van der Waals surface area (Å²) in [7, 11) is 0. The number of carboxylic acids is 1. The highest BCUT2D eigenvalue weighted by molar-refractivity contribution is 6.30.